The molecule has 90 valence electrons. The number of thiophene rings is 1. The third kappa shape index (κ3) is 2.24. The topological polar surface area (TPSA) is 62.4 Å². The first-order chi connectivity index (χ1) is 8.12. The number of aliphatic hydroxyl groups is 1. The molecule has 2 aromatic rings. The first-order valence-corrected chi connectivity index (χ1v) is 6.37. The molecule has 6 heteroatoms. The molecule has 1 N–H and O–H groups in total. The van der Waals surface area contributed by atoms with Crippen LogP contribution in [0.2, 0.25) is 0 Å². The fourth-order valence-electron chi connectivity index (χ4n) is 2.05. The number of hydrogen-bond acceptors (Lipinski definition) is 6. The molecule has 0 amide bonds. The van der Waals surface area contributed by atoms with Crippen molar-refractivity contribution < 1.29 is 9.63 Å². The molecular formula is C11H13N3O2S. The van der Waals surface area contributed by atoms with Crippen molar-refractivity contribution in [3.8, 4) is 11.5 Å². The zero-order valence-electron chi connectivity index (χ0n) is 9.46. The predicted molar refractivity (Wildman–Crippen MR) is 63.5 cm³/mol. The zero-order valence-corrected chi connectivity index (χ0v) is 10.3. The molecule has 0 spiro atoms. The average molecular weight is 251 g/mol. The third-order valence-corrected chi connectivity index (χ3v) is 3.41. The second-order valence-electron chi connectivity index (χ2n) is 4.67. The van der Waals surface area contributed by atoms with Crippen molar-refractivity contribution in [2.45, 2.75) is 19.1 Å². The van der Waals surface area contributed by atoms with Crippen LogP contribution in [0, 0.1) is 0 Å². The Balaban J connectivity index is 1.66. The van der Waals surface area contributed by atoms with Gasteiger partial charge in [0.2, 0.25) is 0 Å². The van der Waals surface area contributed by atoms with Crippen molar-refractivity contribution in [2.24, 2.45) is 0 Å². The molecule has 0 saturated carbocycles. The van der Waals surface area contributed by atoms with Gasteiger partial charge in [0, 0.05) is 18.5 Å². The summed E-state index contributed by atoms with van der Waals surface area (Å²) in [7, 11) is 0. The third-order valence-electron chi connectivity index (χ3n) is 2.73. The van der Waals surface area contributed by atoms with Gasteiger partial charge < -0.3 is 9.63 Å². The number of likely N-dealkylation sites (tertiary alicyclic amines) is 1. The Bertz CT molecular complexity index is 499. The Morgan fingerprint density at radius 3 is 3.06 bits per heavy atom. The first kappa shape index (κ1) is 10.9. The lowest BCUT2D eigenvalue weighted by Gasteiger charge is -2.43. The summed E-state index contributed by atoms with van der Waals surface area (Å²) in [5.74, 6) is 1.23. The molecule has 5 nitrogen and oxygen atoms in total. The lowest BCUT2D eigenvalue weighted by molar-refractivity contribution is -0.0882. The van der Waals surface area contributed by atoms with E-state index in [1.165, 1.54) is 0 Å². The van der Waals surface area contributed by atoms with Crippen molar-refractivity contribution in [3.05, 3.63) is 22.7 Å². The first-order valence-electron chi connectivity index (χ1n) is 5.42. The van der Waals surface area contributed by atoms with Crippen molar-refractivity contribution >= 4 is 11.3 Å². The molecule has 0 unspecified atom stereocenters. The Morgan fingerprint density at radius 1 is 1.59 bits per heavy atom. The van der Waals surface area contributed by atoms with Gasteiger partial charge in [0.1, 0.15) is 0 Å². The van der Waals surface area contributed by atoms with Crippen LogP contribution in [0.1, 0.15) is 12.7 Å². The molecule has 0 aliphatic carbocycles. The highest BCUT2D eigenvalue weighted by Gasteiger charge is 2.36. The lowest BCUT2D eigenvalue weighted by Crippen LogP contribution is -2.59. The number of β-amino-alcohol motifs (C(OH)–C–C–N with tert-alkyl or cyclic N) is 1. The SMILES string of the molecule is CC1(O)CN(Cc2noc(-c3ccsc3)n2)C1. The van der Waals surface area contributed by atoms with E-state index in [0.717, 1.165) is 5.56 Å². The maximum Gasteiger partial charge on any atom is 0.258 e. The highest BCUT2D eigenvalue weighted by atomic mass is 32.1. The summed E-state index contributed by atoms with van der Waals surface area (Å²) < 4.78 is 5.19. The maximum atomic E-state index is 9.61. The highest BCUT2D eigenvalue weighted by molar-refractivity contribution is 7.08. The van der Waals surface area contributed by atoms with Gasteiger partial charge in [-0.3, -0.25) is 4.90 Å². The molecule has 1 saturated heterocycles. The largest absolute Gasteiger partial charge is 0.388 e. The highest BCUT2D eigenvalue weighted by Crippen LogP contribution is 2.23. The van der Waals surface area contributed by atoms with Crippen molar-refractivity contribution in [1.82, 2.24) is 15.0 Å². The minimum absolute atomic E-state index is 0.556. The number of nitrogens with zero attached hydrogens (tertiary/aromatic N) is 3. The zero-order chi connectivity index (χ0) is 11.9. The molecule has 0 atom stereocenters. The maximum absolute atomic E-state index is 9.61. The van der Waals surface area contributed by atoms with E-state index >= 15 is 0 Å². The van der Waals surface area contributed by atoms with E-state index in [1.807, 2.05) is 23.8 Å². The average Bonchev–Trinajstić information content (AvgIpc) is 2.82. The predicted octanol–water partition coefficient (Wildman–Crippen LogP) is 1.36. The molecule has 3 heterocycles. The van der Waals surface area contributed by atoms with Gasteiger partial charge in [-0.05, 0) is 18.4 Å². The molecule has 0 radical (unpaired) electrons. The summed E-state index contributed by atoms with van der Waals surface area (Å²) in [6.45, 7) is 3.78. The summed E-state index contributed by atoms with van der Waals surface area (Å²) in [4.78, 5) is 6.41. The number of aromatic nitrogens is 2. The Hall–Kier alpha value is -1.24. The van der Waals surface area contributed by atoms with Crippen LogP contribution in [-0.4, -0.2) is 38.8 Å². The molecule has 0 aromatic carbocycles. The fraction of sp³-hybridized carbons (Fsp3) is 0.455. The van der Waals surface area contributed by atoms with Crippen LogP contribution in [0.15, 0.2) is 21.3 Å². The van der Waals surface area contributed by atoms with Crippen LogP contribution < -0.4 is 0 Å². The van der Waals surface area contributed by atoms with Crippen LogP contribution in [-0.2, 0) is 6.54 Å². The molecule has 0 bridgehead atoms. The smallest absolute Gasteiger partial charge is 0.258 e. The summed E-state index contributed by atoms with van der Waals surface area (Å²) in [6, 6.07) is 1.95. The second-order valence-corrected chi connectivity index (χ2v) is 5.45. The van der Waals surface area contributed by atoms with E-state index in [4.69, 9.17) is 4.52 Å². The van der Waals surface area contributed by atoms with Crippen LogP contribution in [0.4, 0.5) is 0 Å². The van der Waals surface area contributed by atoms with Gasteiger partial charge in [0.05, 0.1) is 17.7 Å². The number of hydrogen-bond donors (Lipinski definition) is 1. The van der Waals surface area contributed by atoms with E-state index in [9.17, 15) is 5.11 Å². The number of rotatable bonds is 3. The lowest BCUT2D eigenvalue weighted by atomic mass is 9.97. The monoisotopic (exact) mass is 251 g/mol. The van der Waals surface area contributed by atoms with E-state index in [-0.39, 0.29) is 0 Å². The fourth-order valence-corrected chi connectivity index (χ4v) is 2.68. The Labute approximate surface area is 103 Å². The molecule has 1 aliphatic heterocycles. The molecule has 1 aliphatic rings. The Morgan fingerprint density at radius 2 is 2.41 bits per heavy atom. The van der Waals surface area contributed by atoms with Crippen LogP contribution in [0.3, 0.4) is 0 Å². The minimum atomic E-state index is -0.556. The standard InChI is InChI=1S/C11H13N3O2S/c1-11(15)6-14(7-11)4-9-12-10(16-13-9)8-2-3-17-5-8/h2-3,5,15H,4,6-7H2,1H3. The van der Waals surface area contributed by atoms with Gasteiger partial charge in [-0.25, -0.2) is 0 Å². The van der Waals surface area contributed by atoms with Gasteiger partial charge in [-0.2, -0.15) is 16.3 Å². The second kappa shape index (κ2) is 3.90. The van der Waals surface area contributed by atoms with Crippen molar-refractivity contribution in [1.29, 1.82) is 0 Å². The quantitative estimate of drug-likeness (QED) is 0.892. The van der Waals surface area contributed by atoms with Gasteiger partial charge >= 0.3 is 0 Å². The summed E-state index contributed by atoms with van der Waals surface area (Å²) >= 11 is 1.60. The van der Waals surface area contributed by atoms with Crippen LogP contribution >= 0.6 is 11.3 Å². The molecule has 17 heavy (non-hydrogen) atoms. The molecule has 1 fully saturated rings. The molecular weight excluding hydrogens is 238 g/mol. The molecule has 3 rings (SSSR count). The van der Waals surface area contributed by atoms with Crippen molar-refractivity contribution in [2.75, 3.05) is 13.1 Å². The summed E-state index contributed by atoms with van der Waals surface area (Å²) in [6.07, 6.45) is 0. The van der Waals surface area contributed by atoms with Gasteiger partial charge in [-0.15, -0.1) is 0 Å². The van der Waals surface area contributed by atoms with Gasteiger partial charge in [-0.1, -0.05) is 5.16 Å². The van der Waals surface area contributed by atoms with Crippen molar-refractivity contribution in [3.63, 3.8) is 0 Å². The van der Waals surface area contributed by atoms with Gasteiger partial charge in [0.15, 0.2) is 5.82 Å². The van der Waals surface area contributed by atoms with E-state index in [2.05, 4.69) is 15.0 Å². The van der Waals surface area contributed by atoms with E-state index in [0.29, 0.717) is 31.3 Å². The van der Waals surface area contributed by atoms with E-state index < -0.39 is 5.60 Å². The van der Waals surface area contributed by atoms with Crippen LogP contribution in [0.5, 0.6) is 0 Å². The van der Waals surface area contributed by atoms with E-state index in [1.54, 1.807) is 11.3 Å². The van der Waals surface area contributed by atoms with Crippen LogP contribution in [0.25, 0.3) is 11.5 Å². The normalized spacial score (nSPS) is 19.2. The summed E-state index contributed by atoms with van der Waals surface area (Å²) in [5.41, 5.74) is 0.407. The Kier molecular flexibility index (Phi) is 2.50. The van der Waals surface area contributed by atoms with Gasteiger partial charge in [0.25, 0.3) is 5.89 Å². The molecule has 2 aromatic heterocycles. The summed E-state index contributed by atoms with van der Waals surface area (Å²) in [5, 5.41) is 17.5. The minimum Gasteiger partial charge on any atom is -0.388 e.